The number of ether oxygens (including phenoxy) is 1. The molecular weight excluding hydrogens is 477 g/mol. The fraction of sp³-hybridized carbons (Fsp3) is 0.273. The minimum Gasteiger partial charge on any atom is -0.482 e. The average molecular weight is 497 g/mol. The van der Waals surface area contributed by atoms with Gasteiger partial charge < -0.3 is 9.64 Å². The molecule has 0 saturated carbocycles. The third kappa shape index (κ3) is 5.90. The number of piperazine rings is 1. The van der Waals surface area contributed by atoms with Crippen molar-refractivity contribution in [2.75, 3.05) is 32.8 Å². The molecule has 1 saturated heterocycles. The second-order valence-electron chi connectivity index (χ2n) is 7.17. The summed E-state index contributed by atoms with van der Waals surface area (Å²) in [7, 11) is 0. The van der Waals surface area contributed by atoms with E-state index in [4.69, 9.17) is 44.5 Å². The highest BCUT2D eigenvalue weighted by Crippen LogP contribution is 2.28. The van der Waals surface area contributed by atoms with Gasteiger partial charge in [0.05, 0.1) is 10.7 Å². The van der Waals surface area contributed by atoms with Crippen LogP contribution in [0, 0.1) is 0 Å². The molecule has 9 heteroatoms. The molecule has 2 heterocycles. The summed E-state index contributed by atoms with van der Waals surface area (Å²) in [5, 5.41) is 4.71. The Morgan fingerprint density at radius 1 is 1.00 bits per heavy atom. The minimum atomic E-state index is -0.0515. The minimum absolute atomic E-state index is 0.0438. The van der Waals surface area contributed by atoms with Crippen LogP contribution in [0.15, 0.2) is 47.8 Å². The Bertz CT molecular complexity index is 1050. The van der Waals surface area contributed by atoms with E-state index in [0.717, 1.165) is 40.9 Å². The Labute approximate surface area is 200 Å². The van der Waals surface area contributed by atoms with Gasteiger partial charge in [-0.2, -0.15) is 0 Å². The molecule has 3 aromatic rings. The summed E-state index contributed by atoms with van der Waals surface area (Å²) in [4.78, 5) is 21.4. The van der Waals surface area contributed by atoms with E-state index in [1.807, 2.05) is 29.2 Å². The number of carbonyl (C=O) groups is 1. The number of hydrogen-bond acceptors (Lipinski definition) is 5. The number of carbonyl (C=O) groups excluding carboxylic acids is 1. The van der Waals surface area contributed by atoms with Gasteiger partial charge in [0, 0.05) is 53.7 Å². The summed E-state index contributed by atoms with van der Waals surface area (Å²) < 4.78 is 5.57. The smallest absolute Gasteiger partial charge is 0.260 e. The number of hydrogen-bond donors (Lipinski definition) is 0. The standard InChI is InChI=1S/C22H20Cl3N3O2S/c23-16-3-1-15(2-4-16)22-26-18(14-31-22)12-27-7-9-28(10-8-27)21(29)13-30-20-6-5-17(24)11-19(20)25/h1-6,11,14H,7-10,12-13H2. The van der Waals surface area contributed by atoms with Crippen LogP contribution in [-0.4, -0.2) is 53.5 Å². The molecule has 31 heavy (non-hydrogen) atoms. The number of benzene rings is 2. The third-order valence-corrected chi connectivity index (χ3v) is 6.72. The molecule has 4 rings (SSSR count). The molecule has 1 fully saturated rings. The first-order valence-electron chi connectivity index (χ1n) is 9.76. The van der Waals surface area contributed by atoms with E-state index in [9.17, 15) is 4.79 Å². The van der Waals surface area contributed by atoms with Gasteiger partial charge in [0.2, 0.25) is 0 Å². The maximum absolute atomic E-state index is 12.5. The number of halogens is 3. The first kappa shape index (κ1) is 22.4. The molecule has 0 radical (unpaired) electrons. The first-order valence-corrected chi connectivity index (χ1v) is 11.8. The predicted molar refractivity (Wildman–Crippen MR) is 126 cm³/mol. The Morgan fingerprint density at radius 2 is 1.71 bits per heavy atom. The van der Waals surface area contributed by atoms with Crippen LogP contribution in [0.25, 0.3) is 10.6 Å². The number of thiazole rings is 1. The predicted octanol–water partition coefficient (Wildman–Crippen LogP) is 5.49. The molecule has 1 aliphatic rings. The lowest BCUT2D eigenvalue weighted by Gasteiger charge is -2.34. The quantitative estimate of drug-likeness (QED) is 0.452. The van der Waals surface area contributed by atoms with Gasteiger partial charge in [-0.05, 0) is 30.3 Å². The lowest BCUT2D eigenvalue weighted by Crippen LogP contribution is -2.49. The molecule has 1 amide bonds. The van der Waals surface area contributed by atoms with E-state index >= 15 is 0 Å². The zero-order valence-electron chi connectivity index (χ0n) is 16.6. The van der Waals surface area contributed by atoms with Crippen molar-refractivity contribution in [1.29, 1.82) is 0 Å². The summed E-state index contributed by atoms with van der Waals surface area (Å²) in [5.74, 6) is 0.405. The summed E-state index contributed by atoms with van der Waals surface area (Å²) >= 11 is 19.6. The molecular formula is C22H20Cl3N3O2S. The molecule has 0 aliphatic carbocycles. The van der Waals surface area contributed by atoms with Crippen LogP contribution in [0.1, 0.15) is 5.69 Å². The molecule has 0 spiro atoms. The van der Waals surface area contributed by atoms with Crippen LogP contribution in [0.4, 0.5) is 0 Å². The highest BCUT2D eigenvalue weighted by atomic mass is 35.5. The van der Waals surface area contributed by atoms with Gasteiger partial charge in [0.1, 0.15) is 10.8 Å². The molecule has 2 aromatic carbocycles. The summed E-state index contributed by atoms with van der Waals surface area (Å²) in [5.41, 5.74) is 2.10. The van der Waals surface area contributed by atoms with Gasteiger partial charge in [-0.25, -0.2) is 4.98 Å². The van der Waals surface area contributed by atoms with Gasteiger partial charge in [-0.15, -0.1) is 11.3 Å². The second-order valence-corrected chi connectivity index (χ2v) is 9.31. The first-order chi connectivity index (χ1) is 15.0. The van der Waals surface area contributed by atoms with Crippen LogP contribution >= 0.6 is 46.1 Å². The average Bonchev–Trinajstić information content (AvgIpc) is 3.22. The molecule has 0 atom stereocenters. The highest BCUT2D eigenvalue weighted by molar-refractivity contribution is 7.13. The third-order valence-electron chi connectivity index (χ3n) is 5.00. The van der Waals surface area contributed by atoms with Crippen LogP contribution in [-0.2, 0) is 11.3 Å². The van der Waals surface area contributed by atoms with Gasteiger partial charge in [0.25, 0.3) is 5.91 Å². The lowest BCUT2D eigenvalue weighted by atomic mass is 10.2. The topological polar surface area (TPSA) is 45.7 Å². The van der Waals surface area contributed by atoms with Crippen LogP contribution in [0.2, 0.25) is 15.1 Å². The molecule has 1 aliphatic heterocycles. The van der Waals surface area contributed by atoms with Crippen molar-refractivity contribution in [3.8, 4) is 16.3 Å². The zero-order chi connectivity index (χ0) is 21.8. The van der Waals surface area contributed by atoms with E-state index in [-0.39, 0.29) is 12.5 Å². The molecule has 0 unspecified atom stereocenters. The van der Waals surface area contributed by atoms with Crippen molar-refractivity contribution in [2.24, 2.45) is 0 Å². The van der Waals surface area contributed by atoms with E-state index in [1.54, 1.807) is 29.5 Å². The van der Waals surface area contributed by atoms with E-state index in [0.29, 0.717) is 28.9 Å². The lowest BCUT2D eigenvalue weighted by molar-refractivity contribution is -0.135. The number of amides is 1. The monoisotopic (exact) mass is 495 g/mol. The fourth-order valence-corrected chi connectivity index (χ4v) is 4.72. The van der Waals surface area contributed by atoms with Gasteiger partial charge >= 0.3 is 0 Å². The number of nitrogens with zero attached hydrogens (tertiary/aromatic N) is 3. The van der Waals surface area contributed by atoms with Crippen LogP contribution < -0.4 is 4.74 Å². The van der Waals surface area contributed by atoms with Crippen molar-refractivity contribution in [3.05, 3.63) is 68.6 Å². The Balaban J connectivity index is 1.25. The van der Waals surface area contributed by atoms with E-state index in [1.165, 1.54) is 0 Å². The van der Waals surface area contributed by atoms with Gasteiger partial charge in [-0.3, -0.25) is 9.69 Å². The van der Waals surface area contributed by atoms with Crippen molar-refractivity contribution >= 4 is 52.0 Å². The van der Waals surface area contributed by atoms with Crippen molar-refractivity contribution in [1.82, 2.24) is 14.8 Å². The summed E-state index contributed by atoms with van der Waals surface area (Å²) in [6.07, 6.45) is 0. The number of aromatic nitrogens is 1. The Hall–Kier alpha value is -1.83. The molecule has 5 nitrogen and oxygen atoms in total. The summed E-state index contributed by atoms with van der Waals surface area (Å²) in [6.45, 7) is 3.62. The Morgan fingerprint density at radius 3 is 2.42 bits per heavy atom. The molecule has 0 N–H and O–H groups in total. The highest BCUT2D eigenvalue weighted by Gasteiger charge is 2.22. The fourth-order valence-electron chi connectivity index (χ4n) is 3.31. The molecule has 1 aromatic heterocycles. The zero-order valence-corrected chi connectivity index (χ0v) is 19.6. The largest absolute Gasteiger partial charge is 0.482 e. The van der Waals surface area contributed by atoms with Crippen molar-refractivity contribution in [3.63, 3.8) is 0 Å². The SMILES string of the molecule is O=C(COc1ccc(Cl)cc1Cl)N1CCN(Cc2csc(-c3ccc(Cl)cc3)n2)CC1. The van der Waals surface area contributed by atoms with Gasteiger partial charge in [-0.1, -0.05) is 46.9 Å². The maximum atomic E-state index is 12.5. The van der Waals surface area contributed by atoms with E-state index in [2.05, 4.69) is 10.3 Å². The maximum Gasteiger partial charge on any atom is 0.260 e. The second kappa shape index (κ2) is 10.2. The van der Waals surface area contributed by atoms with Crippen LogP contribution in [0.5, 0.6) is 5.75 Å². The van der Waals surface area contributed by atoms with Crippen molar-refractivity contribution in [2.45, 2.75) is 6.54 Å². The normalized spacial score (nSPS) is 14.6. The van der Waals surface area contributed by atoms with Crippen molar-refractivity contribution < 1.29 is 9.53 Å². The van der Waals surface area contributed by atoms with E-state index < -0.39 is 0 Å². The summed E-state index contributed by atoms with van der Waals surface area (Å²) in [6, 6.07) is 12.7. The molecule has 0 bridgehead atoms. The molecule has 162 valence electrons. The van der Waals surface area contributed by atoms with Crippen LogP contribution in [0.3, 0.4) is 0 Å². The number of rotatable bonds is 6. The van der Waals surface area contributed by atoms with Gasteiger partial charge in [0.15, 0.2) is 6.61 Å². The Kier molecular flexibility index (Phi) is 7.35.